The van der Waals surface area contributed by atoms with Crippen LogP contribution in [0.5, 0.6) is 0 Å². The number of carboxylic acid groups (broad SMARTS) is 1. The Morgan fingerprint density at radius 1 is 1.47 bits per heavy atom. The number of ether oxygens (including phenoxy) is 1. The number of carbonyl (C=O) groups is 2. The molecule has 0 bridgehead atoms. The molecule has 0 radical (unpaired) electrons. The quantitative estimate of drug-likeness (QED) is 0.530. The number of esters is 1. The molecule has 0 aliphatic heterocycles. The van der Waals surface area contributed by atoms with Gasteiger partial charge in [0.15, 0.2) is 0 Å². The molecule has 0 fully saturated rings. The molecule has 19 heavy (non-hydrogen) atoms. The van der Waals surface area contributed by atoms with E-state index in [0.717, 1.165) is 19.4 Å². The standard InChI is InChI=1S/C11H12ClNO6/c1-19-8(15)3-7(14)9(16)5-2-6(11(17)18)10(12)13-4-5/h2,4,7,9,14,16H,3H2,1H3,(H,17,18). The summed E-state index contributed by atoms with van der Waals surface area (Å²) in [7, 11) is 1.15. The minimum absolute atomic E-state index is 0.0400. The maximum Gasteiger partial charge on any atom is 0.338 e. The molecule has 2 atom stereocenters. The predicted molar refractivity (Wildman–Crippen MR) is 63.8 cm³/mol. The number of aromatic nitrogens is 1. The first kappa shape index (κ1) is 15.4. The zero-order valence-electron chi connectivity index (χ0n) is 9.91. The topological polar surface area (TPSA) is 117 Å². The van der Waals surface area contributed by atoms with Gasteiger partial charge in [0, 0.05) is 11.8 Å². The van der Waals surface area contributed by atoms with Crippen LogP contribution in [-0.4, -0.2) is 45.5 Å². The van der Waals surface area contributed by atoms with Gasteiger partial charge >= 0.3 is 11.9 Å². The smallest absolute Gasteiger partial charge is 0.338 e. The van der Waals surface area contributed by atoms with Crippen LogP contribution in [0.3, 0.4) is 0 Å². The van der Waals surface area contributed by atoms with Crippen molar-refractivity contribution >= 4 is 23.5 Å². The van der Waals surface area contributed by atoms with Crippen LogP contribution in [-0.2, 0) is 9.53 Å². The molecular formula is C11H12ClNO6. The van der Waals surface area contributed by atoms with Gasteiger partial charge in [0.2, 0.25) is 0 Å². The largest absolute Gasteiger partial charge is 0.478 e. The van der Waals surface area contributed by atoms with Crippen molar-refractivity contribution < 1.29 is 29.6 Å². The number of hydrogen-bond donors (Lipinski definition) is 3. The molecule has 7 nitrogen and oxygen atoms in total. The molecule has 8 heteroatoms. The summed E-state index contributed by atoms with van der Waals surface area (Å²) in [5.41, 5.74) is -0.262. The number of aromatic carboxylic acids is 1. The summed E-state index contributed by atoms with van der Waals surface area (Å²) >= 11 is 5.57. The molecule has 0 aromatic carbocycles. The van der Waals surface area contributed by atoms with Gasteiger partial charge in [-0.1, -0.05) is 11.6 Å². The van der Waals surface area contributed by atoms with E-state index in [2.05, 4.69) is 9.72 Å². The average Bonchev–Trinajstić information content (AvgIpc) is 2.37. The first-order chi connectivity index (χ1) is 8.86. The second-order valence-corrected chi connectivity index (χ2v) is 4.06. The predicted octanol–water partition coefficient (Wildman–Crippen LogP) is 0.391. The summed E-state index contributed by atoms with van der Waals surface area (Å²) in [6, 6.07) is 1.09. The zero-order valence-corrected chi connectivity index (χ0v) is 10.7. The summed E-state index contributed by atoms with van der Waals surface area (Å²) in [4.78, 5) is 25.4. The van der Waals surface area contributed by atoms with Crippen LogP contribution in [0.4, 0.5) is 0 Å². The molecule has 1 rings (SSSR count). The van der Waals surface area contributed by atoms with Gasteiger partial charge in [-0.15, -0.1) is 0 Å². The third kappa shape index (κ3) is 3.88. The number of aliphatic hydroxyl groups is 2. The molecule has 0 aliphatic rings. The van der Waals surface area contributed by atoms with Crippen molar-refractivity contribution in [3.63, 3.8) is 0 Å². The van der Waals surface area contributed by atoms with E-state index in [9.17, 15) is 19.8 Å². The van der Waals surface area contributed by atoms with Gasteiger partial charge in [-0.3, -0.25) is 4.79 Å². The monoisotopic (exact) mass is 289 g/mol. The molecule has 0 saturated carbocycles. The van der Waals surface area contributed by atoms with Gasteiger partial charge in [0.25, 0.3) is 0 Å². The maximum atomic E-state index is 11.0. The number of methoxy groups -OCH3 is 1. The van der Waals surface area contributed by atoms with Crippen LogP contribution >= 0.6 is 11.6 Å². The Morgan fingerprint density at radius 2 is 2.11 bits per heavy atom. The van der Waals surface area contributed by atoms with Crippen LogP contribution < -0.4 is 0 Å². The second-order valence-electron chi connectivity index (χ2n) is 3.70. The van der Waals surface area contributed by atoms with E-state index in [1.54, 1.807) is 0 Å². The van der Waals surface area contributed by atoms with E-state index in [-0.39, 0.29) is 16.3 Å². The van der Waals surface area contributed by atoms with Gasteiger partial charge < -0.3 is 20.1 Å². The molecule has 1 aromatic heterocycles. The van der Waals surface area contributed by atoms with Gasteiger partial charge in [-0.05, 0) is 6.07 Å². The number of hydrogen-bond acceptors (Lipinski definition) is 6. The fraction of sp³-hybridized carbons (Fsp3) is 0.364. The fourth-order valence-corrected chi connectivity index (χ4v) is 1.55. The van der Waals surface area contributed by atoms with Crippen molar-refractivity contribution in [3.8, 4) is 0 Å². The van der Waals surface area contributed by atoms with Gasteiger partial charge in [-0.2, -0.15) is 0 Å². The SMILES string of the molecule is COC(=O)CC(O)C(O)c1cnc(Cl)c(C(=O)O)c1. The van der Waals surface area contributed by atoms with E-state index in [0.29, 0.717) is 0 Å². The number of carbonyl (C=O) groups excluding carboxylic acids is 1. The number of carboxylic acids is 1. The normalized spacial score (nSPS) is 13.7. The number of rotatable bonds is 5. The van der Waals surface area contributed by atoms with E-state index in [1.165, 1.54) is 0 Å². The van der Waals surface area contributed by atoms with Crippen LogP contribution in [0, 0.1) is 0 Å². The van der Waals surface area contributed by atoms with Crippen molar-refractivity contribution in [1.29, 1.82) is 0 Å². The highest BCUT2D eigenvalue weighted by Crippen LogP contribution is 2.22. The minimum Gasteiger partial charge on any atom is -0.478 e. The number of aliphatic hydroxyl groups excluding tert-OH is 2. The molecule has 3 N–H and O–H groups in total. The summed E-state index contributed by atoms with van der Waals surface area (Å²) in [5.74, 6) is -2.01. The van der Waals surface area contributed by atoms with Crippen LogP contribution in [0.25, 0.3) is 0 Å². The Hall–Kier alpha value is -1.70. The molecule has 0 saturated heterocycles. The Labute approximate surface area is 113 Å². The Morgan fingerprint density at radius 3 is 2.63 bits per heavy atom. The summed E-state index contributed by atoms with van der Waals surface area (Å²) < 4.78 is 4.35. The molecule has 1 heterocycles. The second kappa shape index (κ2) is 6.46. The Bertz CT molecular complexity index is 492. The molecular weight excluding hydrogens is 278 g/mol. The molecule has 0 spiro atoms. The number of halogens is 1. The first-order valence-electron chi connectivity index (χ1n) is 5.18. The number of nitrogens with zero attached hydrogens (tertiary/aromatic N) is 1. The molecule has 104 valence electrons. The Kier molecular flexibility index (Phi) is 5.22. The van der Waals surface area contributed by atoms with Crippen molar-refractivity contribution in [2.24, 2.45) is 0 Å². The highest BCUT2D eigenvalue weighted by atomic mass is 35.5. The summed E-state index contributed by atoms with van der Waals surface area (Å²) in [6.45, 7) is 0. The third-order valence-electron chi connectivity index (χ3n) is 2.40. The summed E-state index contributed by atoms with van der Waals surface area (Å²) in [6.07, 6.45) is -2.21. The minimum atomic E-state index is -1.47. The zero-order chi connectivity index (χ0) is 14.6. The number of pyridine rings is 1. The van der Waals surface area contributed by atoms with Crippen molar-refractivity contribution in [2.75, 3.05) is 7.11 Å². The lowest BCUT2D eigenvalue weighted by Gasteiger charge is -2.17. The van der Waals surface area contributed by atoms with Crippen LogP contribution in [0.2, 0.25) is 5.15 Å². The van der Waals surface area contributed by atoms with E-state index in [4.69, 9.17) is 16.7 Å². The van der Waals surface area contributed by atoms with Crippen molar-refractivity contribution in [1.82, 2.24) is 4.98 Å². The molecule has 1 aromatic rings. The highest BCUT2D eigenvalue weighted by molar-refractivity contribution is 6.32. The third-order valence-corrected chi connectivity index (χ3v) is 2.70. The molecule has 0 amide bonds. The highest BCUT2D eigenvalue weighted by Gasteiger charge is 2.24. The Balaban J connectivity index is 2.93. The first-order valence-corrected chi connectivity index (χ1v) is 5.56. The van der Waals surface area contributed by atoms with E-state index in [1.807, 2.05) is 0 Å². The lowest BCUT2D eigenvalue weighted by molar-refractivity contribution is -0.144. The van der Waals surface area contributed by atoms with Gasteiger partial charge in [0.1, 0.15) is 11.3 Å². The fourth-order valence-electron chi connectivity index (χ4n) is 1.36. The van der Waals surface area contributed by atoms with E-state index >= 15 is 0 Å². The lowest BCUT2D eigenvalue weighted by Crippen LogP contribution is -2.23. The molecule has 0 aliphatic carbocycles. The maximum absolute atomic E-state index is 11.0. The van der Waals surface area contributed by atoms with Gasteiger partial charge in [-0.25, -0.2) is 9.78 Å². The summed E-state index contributed by atoms with van der Waals surface area (Å²) in [5, 5.41) is 28.0. The molecule has 2 unspecified atom stereocenters. The van der Waals surface area contributed by atoms with Crippen molar-refractivity contribution in [2.45, 2.75) is 18.6 Å². The lowest BCUT2D eigenvalue weighted by atomic mass is 10.0. The van der Waals surface area contributed by atoms with E-state index < -0.39 is 30.6 Å². The van der Waals surface area contributed by atoms with Gasteiger partial charge in [0.05, 0.1) is 25.2 Å². The van der Waals surface area contributed by atoms with Crippen molar-refractivity contribution in [3.05, 3.63) is 28.5 Å². The van der Waals surface area contributed by atoms with Crippen LogP contribution in [0.15, 0.2) is 12.3 Å². The van der Waals surface area contributed by atoms with Crippen LogP contribution in [0.1, 0.15) is 28.4 Å². The average molecular weight is 290 g/mol.